The van der Waals surface area contributed by atoms with Gasteiger partial charge in [-0.05, 0) is 55.0 Å². The molecule has 5 heteroatoms. The molecule has 3 rings (SSSR count). The lowest BCUT2D eigenvalue weighted by Crippen LogP contribution is -1.98. The van der Waals surface area contributed by atoms with Crippen LogP contribution in [0.5, 0.6) is 0 Å². The van der Waals surface area contributed by atoms with Crippen molar-refractivity contribution in [1.82, 2.24) is 9.55 Å². The quantitative estimate of drug-likeness (QED) is 0.640. The first-order valence-corrected chi connectivity index (χ1v) is 6.52. The highest BCUT2D eigenvalue weighted by Gasteiger charge is 2.11. The van der Waals surface area contributed by atoms with E-state index in [0.717, 1.165) is 22.3 Å². The van der Waals surface area contributed by atoms with E-state index in [1.165, 1.54) is 12.1 Å². The topological polar surface area (TPSA) is 20.7 Å². The Morgan fingerprint density at radius 2 is 2.05 bits per heavy atom. The number of nitrogens with zero attached hydrogens (tertiary/aromatic N) is 1. The maximum atomic E-state index is 13.2. The molecule has 0 radical (unpaired) electrons. The lowest BCUT2D eigenvalue weighted by molar-refractivity contribution is 0.626. The second kappa shape index (κ2) is 4.47. The molecular formula is C14H10ClFN2S. The van der Waals surface area contributed by atoms with Gasteiger partial charge in [0.05, 0.1) is 21.7 Å². The van der Waals surface area contributed by atoms with Crippen molar-refractivity contribution in [3.05, 3.63) is 57.6 Å². The van der Waals surface area contributed by atoms with Gasteiger partial charge in [0.2, 0.25) is 0 Å². The van der Waals surface area contributed by atoms with E-state index in [1.54, 1.807) is 6.07 Å². The van der Waals surface area contributed by atoms with E-state index in [9.17, 15) is 4.39 Å². The summed E-state index contributed by atoms with van der Waals surface area (Å²) in [6.45, 7) is 1.84. The van der Waals surface area contributed by atoms with Crippen molar-refractivity contribution < 1.29 is 4.39 Å². The first-order valence-electron chi connectivity index (χ1n) is 5.73. The number of aromatic amines is 1. The van der Waals surface area contributed by atoms with Crippen molar-refractivity contribution in [2.45, 2.75) is 6.92 Å². The van der Waals surface area contributed by atoms with Crippen LogP contribution in [0.1, 0.15) is 5.56 Å². The van der Waals surface area contributed by atoms with Crippen LogP contribution in [0.4, 0.5) is 4.39 Å². The smallest absolute Gasteiger partial charge is 0.182 e. The van der Waals surface area contributed by atoms with Gasteiger partial charge in [-0.2, -0.15) is 0 Å². The Morgan fingerprint density at radius 1 is 1.26 bits per heavy atom. The molecule has 0 fully saturated rings. The van der Waals surface area contributed by atoms with Gasteiger partial charge >= 0.3 is 0 Å². The van der Waals surface area contributed by atoms with Crippen molar-refractivity contribution in [3.63, 3.8) is 0 Å². The highest BCUT2D eigenvalue weighted by Crippen LogP contribution is 2.27. The van der Waals surface area contributed by atoms with Gasteiger partial charge in [-0.15, -0.1) is 0 Å². The molecule has 0 bridgehead atoms. The Kier molecular flexibility index (Phi) is 2.92. The second-order valence-corrected chi connectivity index (χ2v) is 5.13. The van der Waals surface area contributed by atoms with Gasteiger partial charge in [0.15, 0.2) is 4.77 Å². The largest absolute Gasteiger partial charge is 0.330 e. The van der Waals surface area contributed by atoms with Gasteiger partial charge in [0.1, 0.15) is 5.82 Å². The molecule has 2 aromatic carbocycles. The summed E-state index contributed by atoms with van der Waals surface area (Å²) in [5.41, 5.74) is 3.30. The van der Waals surface area contributed by atoms with E-state index in [-0.39, 0.29) is 5.82 Å². The predicted octanol–water partition coefficient (Wildman–Crippen LogP) is 4.79. The van der Waals surface area contributed by atoms with E-state index in [1.807, 2.05) is 29.7 Å². The van der Waals surface area contributed by atoms with Crippen molar-refractivity contribution in [1.29, 1.82) is 0 Å². The van der Waals surface area contributed by atoms with Gasteiger partial charge in [0.25, 0.3) is 0 Å². The fraction of sp³-hybridized carbons (Fsp3) is 0.0714. The molecule has 3 aromatic rings. The number of aryl methyl sites for hydroxylation is 1. The Hall–Kier alpha value is -1.65. The van der Waals surface area contributed by atoms with Crippen LogP contribution in [0.25, 0.3) is 16.7 Å². The molecule has 2 nitrogen and oxygen atoms in total. The molecule has 0 aliphatic rings. The summed E-state index contributed by atoms with van der Waals surface area (Å²) in [5, 5.41) is 0.605. The normalized spacial score (nSPS) is 11.1. The van der Waals surface area contributed by atoms with E-state index < -0.39 is 0 Å². The van der Waals surface area contributed by atoms with Crippen LogP contribution >= 0.6 is 23.8 Å². The van der Waals surface area contributed by atoms with Gasteiger partial charge in [-0.1, -0.05) is 17.7 Å². The number of aromatic nitrogens is 2. The van der Waals surface area contributed by atoms with Crippen LogP contribution in [-0.2, 0) is 0 Å². The second-order valence-electron chi connectivity index (χ2n) is 4.33. The summed E-state index contributed by atoms with van der Waals surface area (Å²) >= 11 is 11.6. The van der Waals surface area contributed by atoms with Crippen molar-refractivity contribution in [2.24, 2.45) is 0 Å². The van der Waals surface area contributed by atoms with Crippen LogP contribution < -0.4 is 0 Å². The fourth-order valence-electron chi connectivity index (χ4n) is 2.22. The predicted molar refractivity (Wildman–Crippen MR) is 78.2 cm³/mol. The highest BCUT2D eigenvalue weighted by atomic mass is 35.5. The number of H-pyrrole nitrogens is 1. The van der Waals surface area contributed by atoms with Crippen LogP contribution in [0, 0.1) is 17.5 Å². The molecule has 1 N–H and O–H groups in total. The number of para-hydroxylation sites is 1. The standard InChI is InChI=1S/C14H10ClFN2S/c1-8-7-9(16)5-6-12(8)18-13-10(15)3-2-4-11(13)17-14(18)19/h2-7H,1H3,(H,17,19). The lowest BCUT2D eigenvalue weighted by atomic mass is 10.2. The van der Waals surface area contributed by atoms with Crippen LogP contribution in [0.15, 0.2) is 36.4 Å². The number of hydrogen-bond donors (Lipinski definition) is 1. The Balaban J connectivity index is 2.42. The first kappa shape index (κ1) is 12.4. The number of imidazole rings is 1. The number of benzene rings is 2. The molecule has 1 heterocycles. The summed E-state index contributed by atoms with van der Waals surface area (Å²) in [6, 6.07) is 10.2. The molecule has 0 saturated carbocycles. The molecule has 0 aliphatic carbocycles. The van der Waals surface area contributed by atoms with Crippen LogP contribution in [0.2, 0.25) is 5.02 Å². The van der Waals surface area contributed by atoms with Crippen LogP contribution in [-0.4, -0.2) is 9.55 Å². The first-order chi connectivity index (χ1) is 9.08. The number of rotatable bonds is 1. The monoisotopic (exact) mass is 292 g/mol. The van der Waals surface area contributed by atoms with E-state index in [2.05, 4.69) is 4.98 Å². The molecule has 96 valence electrons. The van der Waals surface area contributed by atoms with E-state index in [0.29, 0.717) is 9.79 Å². The zero-order chi connectivity index (χ0) is 13.6. The highest BCUT2D eigenvalue weighted by molar-refractivity contribution is 7.71. The Bertz CT molecular complexity index is 835. The Labute approximate surface area is 119 Å². The van der Waals surface area contributed by atoms with Gasteiger partial charge < -0.3 is 4.98 Å². The third-order valence-corrected chi connectivity index (χ3v) is 3.64. The lowest BCUT2D eigenvalue weighted by Gasteiger charge is -2.09. The summed E-state index contributed by atoms with van der Waals surface area (Å²) < 4.78 is 15.6. The maximum Gasteiger partial charge on any atom is 0.182 e. The SMILES string of the molecule is Cc1cc(F)ccc1-n1c(=S)[nH]c2cccc(Cl)c21. The molecule has 0 saturated heterocycles. The average molecular weight is 293 g/mol. The molecule has 19 heavy (non-hydrogen) atoms. The summed E-state index contributed by atoms with van der Waals surface area (Å²) in [7, 11) is 0. The summed E-state index contributed by atoms with van der Waals surface area (Å²) in [6.07, 6.45) is 0. The number of fused-ring (bicyclic) bond motifs is 1. The minimum absolute atomic E-state index is 0.265. The summed E-state index contributed by atoms with van der Waals surface area (Å²) in [5.74, 6) is -0.265. The van der Waals surface area contributed by atoms with Gasteiger partial charge in [-0.3, -0.25) is 4.57 Å². The minimum Gasteiger partial charge on any atom is -0.330 e. The minimum atomic E-state index is -0.265. The van der Waals surface area contributed by atoms with E-state index >= 15 is 0 Å². The van der Waals surface area contributed by atoms with E-state index in [4.69, 9.17) is 23.8 Å². The van der Waals surface area contributed by atoms with Crippen molar-refractivity contribution >= 4 is 34.9 Å². The molecule has 1 aromatic heterocycles. The molecule has 0 atom stereocenters. The van der Waals surface area contributed by atoms with Crippen molar-refractivity contribution in [3.8, 4) is 5.69 Å². The van der Waals surface area contributed by atoms with Crippen molar-refractivity contribution in [2.75, 3.05) is 0 Å². The van der Waals surface area contributed by atoms with Gasteiger partial charge in [-0.25, -0.2) is 4.39 Å². The average Bonchev–Trinajstić information content (AvgIpc) is 2.67. The third-order valence-electron chi connectivity index (χ3n) is 3.05. The molecule has 0 amide bonds. The zero-order valence-electron chi connectivity index (χ0n) is 10.1. The zero-order valence-corrected chi connectivity index (χ0v) is 11.6. The summed E-state index contributed by atoms with van der Waals surface area (Å²) in [4.78, 5) is 3.11. The number of hydrogen-bond acceptors (Lipinski definition) is 1. The molecule has 0 spiro atoms. The molecule has 0 unspecified atom stereocenters. The third kappa shape index (κ3) is 1.97. The molecular weight excluding hydrogens is 283 g/mol. The number of halogens is 2. The molecule has 0 aliphatic heterocycles. The van der Waals surface area contributed by atoms with Gasteiger partial charge in [0, 0.05) is 0 Å². The number of nitrogens with one attached hydrogen (secondary N) is 1. The maximum absolute atomic E-state index is 13.2. The van der Waals surface area contributed by atoms with Crippen LogP contribution in [0.3, 0.4) is 0 Å². The fourth-order valence-corrected chi connectivity index (χ4v) is 2.77. The Morgan fingerprint density at radius 3 is 2.79 bits per heavy atom.